The summed E-state index contributed by atoms with van der Waals surface area (Å²) in [5.41, 5.74) is 6.14. The maximum Gasteiger partial charge on any atom is 0.364 e. The predicted octanol–water partition coefficient (Wildman–Crippen LogP) is 3.08. The summed E-state index contributed by atoms with van der Waals surface area (Å²) < 4.78 is 4.94. The fourth-order valence-corrected chi connectivity index (χ4v) is 4.71. The van der Waals surface area contributed by atoms with Gasteiger partial charge in [-0.3, -0.25) is 13.9 Å². The molecular formula is C26H30N5O2+. The second-order valence-corrected chi connectivity index (χ2v) is 9.46. The molecule has 0 saturated heterocycles. The van der Waals surface area contributed by atoms with Crippen molar-refractivity contribution in [1.29, 1.82) is 0 Å². The van der Waals surface area contributed by atoms with E-state index < -0.39 is 0 Å². The molecule has 7 nitrogen and oxygen atoms in total. The van der Waals surface area contributed by atoms with Crippen LogP contribution in [0.25, 0.3) is 11.2 Å². The van der Waals surface area contributed by atoms with Crippen LogP contribution in [-0.4, -0.2) is 20.7 Å². The molecule has 7 heteroatoms. The summed E-state index contributed by atoms with van der Waals surface area (Å²) in [6.45, 7) is 10.2. The van der Waals surface area contributed by atoms with Crippen molar-refractivity contribution in [3.05, 3.63) is 85.6 Å². The van der Waals surface area contributed by atoms with Crippen molar-refractivity contribution in [1.82, 2.24) is 14.1 Å². The Morgan fingerprint density at radius 2 is 1.76 bits per heavy atom. The molecule has 1 aliphatic heterocycles. The minimum atomic E-state index is -0.321. The van der Waals surface area contributed by atoms with E-state index in [1.807, 2.05) is 35.8 Å². The van der Waals surface area contributed by atoms with Gasteiger partial charge in [0.25, 0.3) is 5.56 Å². The van der Waals surface area contributed by atoms with Gasteiger partial charge in [0.2, 0.25) is 11.2 Å². The van der Waals surface area contributed by atoms with Crippen LogP contribution in [0.1, 0.15) is 29.2 Å². The number of nitrogens with zero attached hydrogens (tertiary/aromatic N) is 4. The zero-order valence-electron chi connectivity index (χ0n) is 19.8. The third kappa shape index (κ3) is 3.48. The fourth-order valence-electron chi connectivity index (χ4n) is 4.71. The Kier molecular flexibility index (Phi) is 5.00. The van der Waals surface area contributed by atoms with Crippen LogP contribution in [0.4, 0.5) is 11.6 Å². The maximum atomic E-state index is 13.6. The molecule has 5 rings (SSSR count). The van der Waals surface area contributed by atoms with Crippen molar-refractivity contribution in [3.63, 3.8) is 0 Å². The molecule has 0 bridgehead atoms. The van der Waals surface area contributed by atoms with E-state index in [-0.39, 0.29) is 17.8 Å². The highest BCUT2D eigenvalue weighted by atomic mass is 16.2. The first kappa shape index (κ1) is 21.2. The molecule has 0 amide bonds. The quantitative estimate of drug-likeness (QED) is 0.494. The molecule has 2 aromatic heterocycles. The fraction of sp³-hybridized carbons (Fsp3) is 0.346. The van der Waals surface area contributed by atoms with Crippen LogP contribution >= 0.6 is 0 Å². The molecule has 1 N–H and O–H groups in total. The van der Waals surface area contributed by atoms with E-state index in [9.17, 15) is 9.59 Å². The lowest BCUT2D eigenvalue weighted by Gasteiger charge is -2.26. The lowest BCUT2D eigenvalue weighted by molar-refractivity contribution is -0.669. The molecule has 3 heterocycles. The largest absolute Gasteiger partial charge is 0.364 e. The second kappa shape index (κ2) is 7.76. The lowest BCUT2D eigenvalue weighted by atomic mass is 10.1. The zero-order valence-corrected chi connectivity index (χ0v) is 19.8. The van der Waals surface area contributed by atoms with Crippen LogP contribution in [-0.2, 0) is 20.1 Å². The lowest BCUT2D eigenvalue weighted by Crippen LogP contribution is -2.52. The van der Waals surface area contributed by atoms with Gasteiger partial charge in [-0.25, -0.2) is 19.2 Å². The maximum absolute atomic E-state index is 13.6. The molecule has 0 saturated carbocycles. The Labute approximate surface area is 192 Å². The number of imidazole rings is 1. The molecule has 4 aromatic rings. The van der Waals surface area contributed by atoms with Gasteiger partial charge in [-0.05, 0) is 49.6 Å². The smallest absolute Gasteiger partial charge is 0.267 e. The Balaban J connectivity index is 1.71. The molecule has 33 heavy (non-hydrogen) atoms. The van der Waals surface area contributed by atoms with Crippen molar-refractivity contribution >= 4 is 22.8 Å². The molecule has 0 unspecified atom stereocenters. The predicted molar refractivity (Wildman–Crippen MR) is 130 cm³/mol. The van der Waals surface area contributed by atoms with Crippen LogP contribution in [0, 0.1) is 26.7 Å². The van der Waals surface area contributed by atoms with Gasteiger partial charge in [0.1, 0.15) is 5.69 Å². The van der Waals surface area contributed by atoms with E-state index in [1.165, 1.54) is 15.7 Å². The van der Waals surface area contributed by atoms with Crippen LogP contribution in [0.15, 0.2) is 52.1 Å². The molecule has 0 radical (unpaired) electrons. The van der Waals surface area contributed by atoms with E-state index in [1.54, 1.807) is 11.6 Å². The molecule has 0 fully saturated rings. The number of anilines is 2. The van der Waals surface area contributed by atoms with Crippen molar-refractivity contribution in [2.45, 2.75) is 40.8 Å². The summed E-state index contributed by atoms with van der Waals surface area (Å²) in [5.74, 6) is 1.18. The second-order valence-electron chi connectivity index (χ2n) is 9.46. The van der Waals surface area contributed by atoms with Crippen LogP contribution in [0.5, 0.6) is 0 Å². The highest BCUT2D eigenvalue weighted by molar-refractivity contribution is 5.70. The standard InChI is InChI=1S/C26H29N5O2/c1-16-6-9-20(10-7-16)15-31-24(32)22-23(28(5)26(31)33)27-25-29(13-17(2)14-30(22)25)21-11-8-18(3)19(4)12-21/h6-12,17H,13-15H2,1-5H3/p+1/t17-/m1/s1. The molecule has 1 atom stereocenters. The molecule has 2 aromatic carbocycles. The summed E-state index contributed by atoms with van der Waals surface area (Å²) in [7, 11) is 1.72. The average molecular weight is 445 g/mol. The highest BCUT2D eigenvalue weighted by Gasteiger charge is 2.36. The Bertz CT molecular complexity index is 1490. The molecule has 0 aliphatic carbocycles. The summed E-state index contributed by atoms with van der Waals surface area (Å²) >= 11 is 0. The summed E-state index contributed by atoms with van der Waals surface area (Å²) in [4.78, 5) is 32.4. The SMILES string of the molecule is Cc1ccc(Cn2c(=O)c3c([nH]c4[n+]3C[C@H](C)CN4c3ccc(C)c(C)c3)n(C)c2=O)cc1. The van der Waals surface area contributed by atoms with Gasteiger partial charge in [0.15, 0.2) is 0 Å². The zero-order chi connectivity index (χ0) is 23.4. The molecule has 0 spiro atoms. The highest BCUT2D eigenvalue weighted by Crippen LogP contribution is 2.29. The molecular weight excluding hydrogens is 414 g/mol. The first-order chi connectivity index (χ1) is 15.7. The van der Waals surface area contributed by atoms with E-state index in [4.69, 9.17) is 0 Å². The number of aryl methyl sites for hydroxylation is 4. The monoisotopic (exact) mass is 444 g/mol. The number of hydrogen-bond donors (Lipinski definition) is 1. The molecule has 1 aliphatic rings. The number of nitrogens with one attached hydrogen (secondary N) is 1. The normalized spacial score (nSPS) is 15.8. The first-order valence-corrected chi connectivity index (χ1v) is 11.4. The minimum Gasteiger partial charge on any atom is -0.267 e. The topological polar surface area (TPSA) is 66.9 Å². The summed E-state index contributed by atoms with van der Waals surface area (Å²) in [6.07, 6.45) is 0. The number of rotatable bonds is 3. The van der Waals surface area contributed by atoms with E-state index in [2.05, 4.69) is 48.9 Å². The Morgan fingerprint density at radius 1 is 1.03 bits per heavy atom. The van der Waals surface area contributed by atoms with Gasteiger partial charge < -0.3 is 0 Å². The minimum absolute atomic E-state index is 0.249. The van der Waals surface area contributed by atoms with Crippen molar-refractivity contribution in [3.8, 4) is 0 Å². The number of aromatic amines is 1. The van der Waals surface area contributed by atoms with E-state index in [0.717, 1.165) is 29.3 Å². The van der Waals surface area contributed by atoms with E-state index in [0.29, 0.717) is 23.6 Å². The van der Waals surface area contributed by atoms with Crippen molar-refractivity contribution in [2.75, 3.05) is 11.4 Å². The Morgan fingerprint density at radius 3 is 2.45 bits per heavy atom. The average Bonchev–Trinajstić information content (AvgIpc) is 3.17. The summed E-state index contributed by atoms with van der Waals surface area (Å²) in [6, 6.07) is 14.4. The van der Waals surface area contributed by atoms with Gasteiger partial charge in [-0.2, -0.15) is 0 Å². The van der Waals surface area contributed by atoms with Gasteiger partial charge in [0.05, 0.1) is 19.6 Å². The summed E-state index contributed by atoms with van der Waals surface area (Å²) in [5, 5.41) is 0. The number of fused-ring (bicyclic) bond motifs is 3. The number of aromatic nitrogens is 4. The number of benzene rings is 2. The van der Waals surface area contributed by atoms with Gasteiger partial charge in [-0.15, -0.1) is 0 Å². The third-order valence-electron chi connectivity index (χ3n) is 6.79. The third-order valence-corrected chi connectivity index (χ3v) is 6.79. The van der Waals surface area contributed by atoms with Crippen LogP contribution in [0.2, 0.25) is 0 Å². The van der Waals surface area contributed by atoms with Crippen molar-refractivity contribution < 1.29 is 4.57 Å². The van der Waals surface area contributed by atoms with Crippen LogP contribution in [0.3, 0.4) is 0 Å². The van der Waals surface area contributed by atoms with E-state index >= 15 is 0 Å². The number of hydrogen-bond acceptors (Lipinski definition) is 3. The van der Waals surface area contributed by atoms with Gasteiger partial charge >= 0.3 is 11.6 Å². The van der Waals surface area contributed by atoms with Gasteiger partial charge in [-0.1, -0.05) is 42.8 Å². The molecule has 170 valence electrons. The number of H-pyrrole nitrogens is 1. The first-order valence-electron chi connectivity index (χ1n) is 11.4. The van der Waals surface area contributed by atoms with Gasteiger partial charge in [0, 0.05) is 13.0 Å². The Hall–Kier alpha value is -3.61. The van der Waals surface area contributed by atoms with Crippen LogP contribution < -0.4 is 20.7 Å². The van der Waals surface area contributed by atoms with Crippen molar-refractivity contribution in [2.24, 2.45) is 13.0 Å².